The second-order valence-corrected chi connectivity index (χ2v) is 32.6. The molecular formula is C108H74F8Ir6N6-6. The maximum absolute atomic E-state index is 14.6. The fourth-order valence-corrected chi connectivity index (χ4v) is 20.8. The maximum atomic E-state index is 14.6. The second kappa shape index (κ2) is 37.0. The number of nitrogens with zero attached hydrogens (tertiary/aromatic N) is 6. The van der Waals surface area contributed by atoms with Crippen LogP contribution in [-0.4, -0.2) is 42.3 Å². The molecule has 20 heteroatoms. The van der Waals surface area contributed by atoms with E-state index >= 15 is 0 Å². The van der Waals surface area contributed by atoms with Gasteiger partial charge in [-0.15, -0.1) is 201 Å². The molecule has 0 atom stereocenters. The predicted molar refractivity (Wildman–Crippen MR) is 468 cm³/mol. The summed E-state index contributed by atoms with van der Waals surface area (Å²) in [4.78, 5) is 26.9. The molecule has 0 amide bonds. The zero-order chi connectivity index (χ0) is 83.7. The van der Waals surface area contributed by atoms with Crippen molar-refractivity contribution < 1.29 is 156 Å². The topological polar surface area (TPSA) is 77.3 Å². The van der Waals surface area contributed by atoms with Crippen LogP contribution in [0, 0.1) is 36.4 Å². The third kappa shape index (κ3) is 15.0. The van der Waals surface area contributed by atoms with E-state index in [1.807, 2.05) is 61.2 Å². The van der Waals surface area contributed by atoms with E-state index in [0.29, 0.717) is 16.6 Å². The van der Waals surface area contributed by atoms with Crippen LogP contribution in [-0.2, 0) is 155 Å². The number of fused-ring (bicyclic) bond motifs is 14. The van der Waals surface area contributed by atoms with E-state index in [9.17, 15) is 35.1 Å². The number of benzene rings is 12. The number of rotatable bonds is 2. The summed E-state index contributed by atoms with van der Waals surface area (Å²) >= 11 is 0. The minimum Gasteiger partial charge on any atom is -0.304 e. The summed E-state index contributed by atoms with van der Waals surface area (Å²) < 4.78 is 113. The van der Waals surface area contributed by atoms with E-state index in [2.05, 4.69) is 229 Å². The van der Waals surface area contributed by atoms with Gasteiger partial charge in [-0.25, -0.2) is 8.78 Å². The molecule has 18 aromatic rings. The van der Waals surface area contributed by atoms with Gasteiger partial charge in [-0.3, -0.25) is 0 Å². The van der Waals surface area contributed by atoms with E-state index in [0.717, 1.165) is 76.8 Å². The van der Waals surface area contributed by atoms with Crippen LogP contribution in [0.3, 0.4) is 0 Å². The zero-order valence-corrected chi connectivity index (χ0v) is 83.2. The van der Waals surface area contributed by atoms with Gasteiger partial charge in [0.25, 0.3) is 5.92 Å². The van der Waals surface area contributed by atoms with Crippen LogP contribution in [0.5, 0.6) is 0 Å². The van der Waals surface area contributed by atoms with Crippen LogP contribution in [0.4, 0.5) is 35.1 Å². The van der Waals surface area contributed by atoms with Crippen molar-refractivity contribution in [3.63, 3.8) is 0 Å². The Kier molecular flexibility index (Phi) is 27.3. The minimum absolute atomic E-state index is 0. The van der Waals surface area contributed by atoms with Crippen molar-refractivity contribution >= 4 is 64.6 Å². The first kappa shape index (κ1) is 94.5. The van der Waals surface area contributed by atoms with Gasteiger partial charge < -0.3 is 29.9 Å². The van der Waals surface area contributed by atoms with E-state index < -0.39 is 34.8 Å². The Bertz CT molecular complexity index is 6960. The Morgan fingerprint density at radius 1 is 0.289 bits per heavy atom. The molecule has 0 N–H and O–H groups in total. The molecule has 0 bridgehead atoms. The van der Waals surface area contributed by atoms with Gasteiger partial charge in [0.05, 0.1) is 0 Å². The summed E-state index contributed by atoms with van der Waals surface area (Å²) in [5.41, 5.74) is 15.4. The minimum atomic E-state index is -5.59. The summed E-state index contributed by atoms with van der Waals surface area (Å²) in [5.74, 6) is -3.00. The largest absolute Gasteiger partial charge is 0.403 e. The molecule has 0 saturated heterocycles. The quantitative estimate of drug-likeness (QED) is 0.127. The predicted octanol–water partition coefficient (Wildman–Crippen LogP) is 27.5. The van der Waals surface area contributed by atoms with Crippen LogP contribution in [0.25, 0.3) is 132 Å². The van der Waals surface area contributed by atoms with E-state index in [1.165, 1.54) is 167 Å². The van der Waals surface area contributed by atoms with Crippen molar-refractivity contribution in [2.45, 2.75) is 113 Å². The molecule has 1 saturated carbocycles. The van der Waals surface area contributed by atoms with Gasteiger partial charge in [0.15, 0.2) is 5.41 Å². The van der Waals surface area contributed by atoms with Gasteiger partial charge in [-0.1, -0.05) is 179 Å². The fraction of sp³-hybridized carbons (Fsp3) is 0.167. The fourth-order valence-electron chi connectivity index (χ4n) is 20.8. The van der Waals surface area contributed by atoms with Crippen molar-refractivity contribution in [2.24, 2.45) is 0 Å². The van der Waals surface area contributed by atoms with Crippen LogP contribution >= 0.6 is 0 Å². The molecule has 128 heavy (non-hydrogen) atoms. The second-order valence-electron chi connectivity index (χ2n) is 32.6. The summed E-state index contributed by atoms with van der Waals surface area (Å²) in [7, 11) is 0. The van der Waals surface area contributed by atoms with Crippen LogP contribution in [0.2, 0.25) is 0 Å². The molecule has 7 aliphatic carbocycles. The van der Waals surface area contributed by atoms with E-state index in [1.54, 1.807) is 30.5 Å². The first-order valence-corrected chi connectivity index (χ1v) is 41.1. The number of alkyl halides is 8. The molecule has 6 heterocycles. The van der Waals surface area contributed by atoms with E-state index in [-0.39, 0.29) is 170 Å². The van der Waals surface area contributed by atoms with Crippen LogP contribution < -0.4 is 0 Å². The standard InChI is InChI=1S/C20H16N.C20H18N.C18H8F6N.C18H14N.C16H8F2N.C16H10N.6Ir/c1-2-8-16-15(7-1)19-18-14(10-13-21-19)6-5-9-17(18)20(16)11-3-4-12-20;1-3-20(4-2)16-10-6-5-9-15(16)19-18-14(12-13-21-19)8-7-11-17(18)20;19-17(20,21)16(18(22,23)24)12-6-2-1-5-11(12)15-14-10(8-9-25-15)4-3-7-13(14)16;1-18(2)14-8-4-3-7-13(14)17-16-12(10-11-19-17)6-5-9-15(16)18;17-16(18)12-6-2-1-5-11(12)15-14-10(8-9-19-15)4-3-7-13(14)16;1-2-7-14-12(4-1)10-13-6-3-5-11-8-9-17-16(14)15(11)13;;;;;;/h1-2,5-6,8-10,13H,3-4,11-12H2;5-8,10-13H,3-4H2,1-2H3;1-4,6-9H;3-6,8-11H,1-2H3;1-4,6-9H;1-6,8-9H,10H2;;;;;;/q6*-1;;;;;;. The number of hydrogen-bond acceptors (Lipinski definition) is 6. The smallest absolute Gasteiger partial charge is 0.304 e. The Balaban J connectivity index is 0.000000123. The van der Waals surface area contributed by atoms with Crippen LogP contribution in [0.15, 0.2) is 292 Å². The van der Waals surface area contributed by atoms with Gasteiger partial charge in [0.2, 0.25) is 0 Å². The zero-order valence-electron chi connectivity index (χ0n) is 68.9. The molecule has 6 radical (unpaired) electrons. The Labute approximate surface area is 817 Å². The molecule has 6 aromatic heterocycles. The molecule has 6 nitrogen and oxygen atoms in total. The van der Waals surface area contributed by atoms with Crippen molar-refractivity contribution in [2.75, 3.05) is 0 Å². The summed E-state index contributed by atoms with van der Waals surface area (Å²) in [6, 6.07) is 98.7. The molecular weight excluding hydrogens is 2690 g/mol. The molecule has 0 aliphatic heterocycles. The molecule has 652 valence electrons. The van der Waals surface area contributed by atoms with Crippen LogP contribution in [0.1, 0.15) is 133 Å². The third-order valence-electron chi connectivity index (χ3n) is 26.3. The summed E-state index contributed by atoms with van der Waals surface area (Å²) in [6.07, 6.45) is 7.80. The number of pyridine rings is 6. The molecule has 1 spiro atoms. The summed E-state index contributed by atoms with van der Waals surface area (Å²) in [5, 5.41) is 11.8. The molecule has 0 unspecified atom stereocenters. The monoisotopic (exact) mass is 2760 g/mol. The Morgan fingerprint density at radius 2 is 0.586 bits per heavy atom. The Morgan fingerprint density at radius 3 is 1.05 bits per heavy atom. The molecule has 1 fully saturated rings. The Hall–Kier alpha value is -9.56. The average Bonchev–Trinajstić information content (AvgIpc) is 0.732. The van der Waals surface area contributed by atoms with E-state index in [4.69, 9.17) is 4.98 Å². The number of hydrogen-bond donors (Lipinski definition) is 0. The van der Waals surface area contributed by atoms with Crippen molar-refractivity contribution in [3.05, 3.63) is 395 Å². The first-order valence-electron chi connectivity index (χ1n) is 41.1. The molecule has 7 aliphatic rings. The van der Waals surface area contributed by atoms with Crippen molar-refractivity contribution in [1.29, 1.82) is 0 Å². The van der Waals surface area contributed by atoms with Gasteiger partial charge in [0.1, 0.15) is 0 Å². The normalized spacial score (nSPS) is 14.7. The third-order valence-corrected chi connectivity index (χ3v) is 26.3. The number of halogens is 8. The van der Waals surface area contributed by atoms with Gasteiger partial charge >= 0.3 is 12.4 Å². The molecule has 12 aromatic carbocycles. The van der Waals surface area contributed by atoms with Crippen molar-refractivity contribution in [1.82, 2.24) is 29.9 Å². The van der Waals surface area contributed by atoms with Gasteiger partial charge in [-0.2, -0.15) is 26.3 Å². The molecule has 25 rings (SSSR count). The van der Waals surface area contributed by atoms with Gasteiger partial charge in [0, 0.05) is 163 Å². The SMILES string of the molecule is CC1(C)c2ccc[c-]c2-c2nccc3cccc1c23.CCC1(CC)c2ccc[c-]c2-c2nccc3cccc1c23.FC(F)(F)C1(C(F)(F)F)c2ccc[c-]c2-c2nccc3cccc1c23.FC1(F)c2ccc[c-]c2-c2nccc3cccc1c23.[Ir].[Ir].[Ir].[Ir].[Ir].[Ir].[c-]1cccc2c1-c1nccc3cccc(c13)C2.[c-]1cccc2c1-c1nccc3cccc(c13)C21CCCC1. The van der Waals surface area contributed by atoms with Gasteiger partial charge in [-0.05, 0) is 193 Å². The maximum Gasteiger partial charge on any atom is 0.403 e. The average molecular weight is 2760 g/mol. The number of aromatic nitrogens is 6. The first-order chi connectivity index (χ1) is 59.2. The van der Waals surface area contributed by atoms with Crippen molar-refractivity contribution in [3.8, 4) is 67.5 Å². The summed E-state index contributed by atoms with van der Waals surface area (Å²) in [6.45, 7) is 9.15.